The van der Waals surface area contributed by atoms with Gasteiger partial charge in [0.1, 0.15) is 30.2 Å². The summed E-state index contributed by atoms with van der Waals surface area (Å²) in [6, 6.07) is -8.51. The van der Waals surface area contributed by atoms with E-state index >= 15 is 0 Å². The number of amides is 6. The molecule has 0 bridgehead atoms. The second-order valence-corrected chi connectivity index (χ2v) is 10.4. The Bertz CT molecular complexity index is 1150. The molecule has 0 heterocycles. The van der Waals surface area contributed by atoms with Gasteiger partial charge in [0.05, 0.1) is 25.6 Å². The highest BCUT2D eigenvalue weighted by atomic mass is 16.4. The van der Waals surface area contributed by atoms with Gasteiger partial charge in [-0.25, -0.2) is 4.79 Å². The molecule has 20 nitrogen and oxygen atoms in total. The number of hydrogen-bond acceptors (Lipinski definition) is 11. The van der Waals surface area contributed by atoms with Crippen LogP contribution in [0, 0.1) is 5.92 Å². The fourth-order valence-electron chi connectivity index (χ4n) is 3.55. The quantitative estimate of drug-likeness (QED) is 0.0551. The van der Waals surface area contributed by atoms with Crippen molar-refractivity contribution in [1.29, 1.82) is 0 Å². The van der Waals surface area contributed by atoms with Crippen LogP contribution in [-0.2, 0) is 43.2 Å². The van der Waals surface area contributed by atoms with E-state index in [0.29, 0.717) is 6.42 Å². The van der Waals surface area contributed by atoms with Gasteiger partial charge in [-0.1, -0.05) is 20.3 Å². The lowest BCUT2D eigenvalue weighted by atomic mass is 9.99. The molecule has 6 amide bonds. The van der Waals surface area contributed by atoms with Crippen LogP contribution >= 0.6 is 0 Å². The summed E-state index contributed by atoms with van der Waals surface area (Å²) in [5.74, 6) is -10.3. The van der Waals surface area contributed by atoms with Gasteiger partial charge in [0.2, 0.25) is 35.4 Å². The van der Waals surface area contributed by atoms with Gasteiger partial charge in [0, 0.05) is 6.42 Å². The predicted molar refractivity (Wildman–Crippen MR) is 155 cm³/mol. The van der Waals surface area contributed by atoms with E-state index in [2.05, 4.69) is 21.3 Å². The van der Waals surface area contributed by atoms with E-state index < -0.39 is 122 Å². The molecule has 0 aliphatic rings. The van der Waals surface area contributed by atoms with Gasteiger partial charge in [0.15, 0.2) is 0 Å². The Labute approximate surface area is 263 Å². The van der Waals surface area contributed by atoms with Crippen LogP contribution in [-0.4, -0.2) is 123 Å². The zero-order valence-electron chi connectivity index (χ0n) is 25.8. The van der Waals surface area contributed by atoms with Crippen LogP contribution in [0.15, 0.2) is 0 Å². The van der Waals surface area contributed by atoms with Crippen LogP contribution in [0.5, 0.6) is 0 Å². The van der Waals surface area contributed by atoms with Gasteiger partial charge in [0.25, 0.3) is 0 Å². The molecule has 0 saturated heterocycles. The van der Waals surface area contributed by atoms with Crippen molar-refractivity contribution >= 4 is 53.4 Å². The molecule has 0 unspecified atom stereocenters. The van der Waals surface area contributed by atoms with E-state index in [1.54, 1.807) is 13.8 Å². The Morgan fingerprint density at radius 2 is 1.20 bits per heavy atom. The summed E-state index contributed by atoms with van der Waals surface area (Å²) in [5, 5.41) is 49.8. The number of nitrogens with one attached hydrogen (secondary N) is 6. The largest absolute Gasteiger partial charge is 0.481 e. The van der Waals surface area contributed by atoms with Crippen molar-refractivity contribution < 1.29 is 63.6 Å². The van der Waals surface area contributed by atoms with E-state index in [9.17, 15) is 53.4 Å². The maximum Gasteiger partial charge on any atom is 0.326 e. The smallest absolute Gasteiger partial charge is 0.326 e. The average Bonchev–Trinajstić information content (AvgIpc) is 2.98. The predicted octanol–water partition coefficient (Wildman–Crippen LogP) is -4.64. The van der Waals surface area contributed by atoms with Crippen LogP contribution in [0.3, 0.4) is 0 Å². The normalized spacial score (nSPS) is 15.3. The van der Waals surface area contributed by atoms with E-state index in [1.165, 1.54) is 13.8 Å². The molecule has 0 aromatic heterocycles. The molecule has 0 aromatic rings. The number of carboxylic acid groups (broad SMARTS) is 3. The summed E-state index contributed by atoms with van der Waals surface area (Å²) in [5.41, 5.74) is 5.52. The SMILES string of the molecule is CC[C@H](C)[C@H](NC(=O)[C@H](C)NC(=O)[C@H](C)NC(=O)[C@H](CO)NC(=O)[C@H](CC(=O)O)NC(=O)CNC(=O)[C@@H](N)CCC(=O)O)C(=O)O. The number of aliphatic hydroxyl groups is 1. The standard InChI is InChI=1S/C26H43N7O13/c1-5-11(2)20(26(45)46)33-22(41)13(4)29-21(40)12(3)30-25(44)16(10-34)32-24(43)15(8-19(38)39)31-17(35)9-28-23(42)14(27)6-7-18(36)37/h11-16,20,34H,5-10,27H2,1-4H3,(H,28,42)(H,29,40)(H,30,44)(H,31,35)(H,32,43)(H,33,41)(H,36,37)(H,38,39)(H,45,46)/t11-,12-,13-,14-,15-,16-,20-/m0/s1. The van der Waals surface area contributed by atoms with Crippen molar-refractivity contribution in [2.24, 2.45) is 11.7 Å². The van der Waals surface area contributed by atoms with Gasteiger partial charge in [-0.05, 0) is 26.2 Å². The second-order valence-electron chi connectivity index (χ2n) is 10.4. The molecule has 7 atom stereocenters. The minimum atomic E-state index is -1.78. The zero-order valence-corrected chi connectivity index (χ0v) is 25.8. The lowest BCUT2D eigenvalue weighted by Crippen LogP contribution is -2.59. The third-order valence-electron chi connectivity index (χ3n) is 6.56. The van der Waals surface area contributed by atoms with E-state index in [1.807, 2.05) is 10.6 Å². The molecule has 0 spiro atoms. The van der Waals surface area contributed by atoms with E-state index in [0.717, 1.165) is 0 Å². The topological polar surface area (TPSA) is 333 Å². The fourth-order valence-corrected chi connectivity index (χ4v) is 3.55. The van der Waals surface area contributed by atoms with Gasteiger partial charge in [-0.2, -0.15) is 0 Å². The van der Waals surface area contributed by atoms with Crippen molar-refractivity contribution in [1.82, 2.24) is 31.9 Å². The highest BCUT2D eigenvalue weighted by molar-refractivity contribution is 5.97. The highest BCUT2D eigenvalue weighted by Crippen LogP contribution is 2.08. The lowest BCUT2D eigenvalue weighted by Gasteiger charge is -2.24. The molecular formula is C26H43N7O13. The summed E-state index contributed by atoms with van der Waals surface area (Å²) in [6.07, 6.45) is -1.15. The number of nitrogens with two attached hydrogens (primary N) is 1. The lowest BCUT2D eigenvalue weighted by molar-refractivity contribution is -0.144. The van der Waals surface area contributed by atoms with Crippen molar-refractivity contribution in [2.45, 2.75) is 89.6 Å². The molecule has 0 fully saturated rings. The Balaban J connectivity index is 5.20. The molecule has 0 aliphatic carbocycles. The number of hydrogen-bond donors (Lipinski definition) is 11. The number of carbonyl (C=O) groups is 9. The number of rotatable bonds is 21. The van der Waals surface area contributed by atoms with Crippen LogP contribution < -0.4 is 37.6 Å². The Hall–Kier alpha value is -4.85. The Kier molecular flexibility index (Phi) is 18.1. The zero-order chi connectivity index (χ0) is 35.7. The van der Waals surface area contributed by atoms with Gasteiger partial charge in [-0.3, -0.25) is 38.4 Å². The first-order valence-corrected chi connectivity index (χ1v) is 14.2. The monoisotopic (exact) mass is 661 g/mol. The summed E-state index contributed by atoms with van der Waals surface area (Å²) < 4.78 is 0. The molecular weight excluding hydrogens is 618 g/mol. The molecule has 0 rings (SSSR count). The number of carbonyl (C=O) groups excluding carboxylic acids is 6. The summed E-state index contributed by atoms with van der Waals surface area (Å²) >= 11 is 0. The van der Waals surface area contributed by atoms with Crippen molar-refractivity contribution in [3.8, 4) is 0 Å². The third kappa shape index (κ3) is 15.2. The van der Waals surface area contributed by atoms with Crippen molar-refractivity contribution in [3.05, 3.63) is 0 Å². The Morgan fingerprint density at radius 1 is 0.674 bits per heavy atom. The van der Waals surface area contributed by atoms with Gasteiger partial charge in [-0.15, -0.1) is 0 Å². The van der Waals surface area contributed by atoms with Gasteiger partial charge >= 0.3 is 17.9 Å². The minimum absolute atomic E-state index is 0.225. The van der Waals surface area contributed by atoms with E-state index in [-0.39, 0.29) is 6.42 Å². The highest BCUT2D eigenvalue weighted by Gasteiger charge is 2.31. The average molecular weight is 662 g/mol. The first-order chi connectivity index (χ1) is 21.3. The van der Waals surface area contributed by atoms with Crippen molar-refractivity contribution in [3.63, 3.8) is 0 Å². The molecule has 0 aliphatic heterocycles. The first-order valence-electron chi connectivity index (χ1n) is 14.2. The molecule has 260 valence electrons. The molecule has 0 radical (unpaired) electrons. The summed E-state index contributed by atoms with van der Waals surface area (Å²) in [4.78, 5) is 108. The van der Waals surface area contributed by atoms with Crippen LogP contribution in [0.4, 0.5) is 0 Å². The fraction of sp³-hybridized carbons (Fsp3) is 0.654. The molecule has 0 saturated carbocycles. The molecule has 12 N–H and O–H groups in total. The molecule has 20 heteroatoms. The van der Waals surface area contributed by atoms with E-state index in [4.69, 9.17) is 15.9 Å². The molecule has 0 aromatic carbocycles. The summed E-state index contributed by atoms with van der Waals surface area (Å²) in [6.45, 7) is 4.08. The Morgan fingerprint density at radius 3 is 1.67 bits per heavy atom. The minimum Gasteiger partial charge on any atom is -0.481 e. The van der Waals surface area contributed by atoms with Crippen molar-refractivity contribution in [2.75, 3.05) is 13.2 Å². The molecule has 46 heavy (non-hydrogen) atoms. The number of aliphatic hydroxyl groups excluding tert-OH is 1. The van der Waals surface area contributed by atoms with Crippen LogP contribution in [0.25, 0.3) is 0 Å². The maximum absolute atomic E-state index is 12.7. The van der Waals surface area contributed by atoms with Gasteiger partial charge < -0.3 is 58.1 Å². The number of carboxylic acids is 3. The maximum atomic E-state index is 12.7. The number of aliphatic carboxylic acids is 3. The summed E-state index contributed by atoms with van der Waals surface area (Å²) in [7, 11) is 0. The third-order valence-corrected chi connectivity index (χ3v) is 6.56. The van der Waals surface area contributed by atoms with Crippen LogP contribution in [0.1, 0.15) is 53.4 Å². The van der Waals surface area contributed by atoms with Crippen LogP contribution in [0.2, 0.25) is 0 Å². The second kappa shape index (κ2) is 20.2. The first kappa shape index (κ1) is 41.1.